The number of hydrogen-bond donors (Lipinski definition) is 0. The Labute approximate surface area is 153 Å². The number of rotatable bonds is 5. The van der Waals surface area contributed by atoms with Gasteiger partial charge in [0.05, 0.1) is 17.5 Å². The maximum absolute atomic E-state index is 11.9. The minimum atomic E-state index is -3.35. The first kappa shape index (κ1) is 18.2. The normalized spacial score (nSPS) is 17.9. The molecule has 1 fully saturated rings. The number of ether oxygens (including phenoxy) is 1. The summed E-state index contributed by atoms with van der Waals surface area (Å²) in [4.78, 5) is 7.01. The van der Waals surface area contributed by atoms with E-state index in [1.807, 2.05) is 12.1 Å². The van der Waals surface area contributed by atoms with Crippen molar-refractivity contribution < 1.29 is 13.2 Å². The van der Waals surface area contributed by atoms with Gasteiger partial charge in [0, 0.05) is 36.7 Å². The summed E-state index contributed by atoms with van der Waals surface area (Å²) < 4.78 is 29.2. The first-order valence-corrected chi connectivity index (χ1v) is 10.4. The molecular formula is C18H21ClN2O3S. The average molecular weight is 381 g/mol. The van der Waals surface area contributed by atoms with Gasteiger partial charge in [-0.05, 0) is 48.7 Å². The third kappa shape index (κ3) is 3.97. The maximum atomic E-state index is 11.9. The largest absolute Gasteiger partial charge is 0.383 e. The van der Waals surface area contributed by atoms with Crippen LogP contribution in [0.3, 0.4) is 0 Å². The Bertz CT molecular complexity index is 870. The summed E-state index contributed by atoms with van der Waals surface area (Å²) in [6.07, 6.45) is 5.06. The van der Waals surface area contributed by atoms with Crippen LogP contribution in [0.15, 0.2) is 41.4 Å². The number of aromatic nitrogens is 1. The molecule has 0 N–H and O–H groups in total. The van der Waals surface area contributed by atoms with Crippen molar-refractivity contribution >= 4 is 27.3 Å². The molecule has 0 radical (unpaired) electrons. The lowest BCUT2D eigenvalue weighted by atomic mass is 10.1. The summed E-state index contributed by atoms with van der Waals surface area (Å²) in [5.74, 6) is 0.837. The molecule has 0 spiro atoms. The lowest BCUT2D eigenvalue weighted by Crippen LogP contribution is -2.33. The standard InChI is InChI=1S/C18H21ClN2O3S/c1-24-12-15-5-4-8-21(15)18-17(6-3-7-20-18)13-9-14(19)11-16(10-13)25(2,22)23/h3,6-7,9-11,15H,4-5,8,12H2,1-2H3/t15-/m0/s1. The molecule has 0 bridgehead atoms. The average Bonchev–Trinajstić information content (AvgIpc) is 3.02. The van der Waals surface area contributed by atoms with E-state index in [9.17, 15) is 8.42 Å². The van der Waals surface area contributed by atoms with Crippen molar-refractivity contribution in [2.75, 3.05) is 31.4 Å². The van der Waals surface area contributed by atoms with Crippen LogP contribution in [0.4, 0.5) is 5.82 Å². The fourth-order valence-corrected chi connectivity index (χ4v) is 4.25. The van der Waals surface area contributed by atoms with Crippen molar-refractivity contribution in [3.63, 3.8) is 0 Å². The Balaban J connectivity index is 2.09. The van der Waals surface area contributed by atoms with E-state index in [1.165, 1.54) is 12.3 Å². The lowest BCUT2D eigenvalue weighted by Gasteiger charge is -2.27. The van der Waals surface area contributed by atoms with E-state index in [0.717, 1.165) is 36.3 Å². The van der Waals surface area contributed by atoms with E-state index >= 15 is 0 Å². The molecule has 1 aliphatic heterocycles. The number of anilines is 1. The summed E-state index contributed by atoms with van der Waals surface area (Å²) in [5, 5.41) is 0.391. The van der Waals surface area contributed by atoms with Crippen molar-refractivity contribution in [3.05, 3.63) is 41.6 Å². The van der Waals surface area contributed by atoms with Crippen LogP contribution in [0, 0.1) is 0 Å². The fourth-order valence-electron chi connectivity index (χ4n) is 3.26. The Kier molecular flexibility index (Phi) is 5.32. The molecular weight excluding hydrogens is 360 g/mol. The van der Waals surface area contributed by atoms with Crippen LogP contribution >= 0.6 is 11.6 Å². The summed E-state index contributed by atoms with van der Waals surface area (Å²) in [5.41, 5.74) is 1.62. The van der Waals surface area contributed by atoms with E-state index in [0.29, 0.717) is 11.6 Å². The first-order chi connectivity index (χ1) is 11.9. The van der Waals surface area contributed by atoms with Crippen molar-refractivity contribution in [1.29, 1.82) is 0 Å². The molecule has 1 aromatic heterocycles. The van der Waals surface area contributed by atoms with Gasteiger partial charge in [0.2, 0.25) is 0 Å². The Morgan fingerprint density at radius 2 is 2.16 bits per heavy atom. The highest BCUT2D eigenvalue weighted by molar-refractivity contribution is 7.90. The van der Waals surface area contributed by atoms with Gasteiger partial charge in [-0.3, -0.25) is 0 Å². The second-order valence-electron chi connectivity index (χ2n) is 6.27. The van der Waals surface area contributed by atoms with Crippen molar-refractivity contribution in [1.82, 2.24) is 4.98 Å². The zero-order valence-electron chi connectivity index (χ0n) is 14.3. The van der Waals surface area contributed by atoms with Crippen LogP contribution in [0.25, 0.3) is 11.1 Å². The van der Waals surface area contributed by atoms with Crippen LogP contribution in [0.2, 0.25) is 5.02 Å². The molecule has 1 saturated heterocycles. The smallest absolute Gasteiger partial charge is 0.175 e. The van der Waals surface area contributed by atoms with Gasteiger partial charge in [0.25, 0.3) is 0 Å². The molecule has 0 saturated carbocycles. The molecule has 2 heterocycles. The number of hydrogen-bond acceptors (Lipinski definition) is 5. The van der Waals surface area contributed by atoms with Gasteiger partial charge < -0.3 is 9.64 Å². The number of pyridine rings is 1. The number of nitrogens with zero attached hydrogens (tertiary/aromatic N) is 2. The molecule has 1 aromatic carbocycles. The predicted octanol–water partition coefficient (Wildman–Crippen LogP) is 3.42. The van der Waals surface area contributed by atoms with Crippen LogP contribution < -0.4 is 4.90 Å². The summed E-state index contributed by atoms with van der Waals surface area (Å²) >= 11 is 6.18. The van der Waals surface area contributed by atoms with Gasteiger partial charge >= 0.3 is 0 Å². The van der Waals surface area contributed by atoms with Crippen molar-refractivity contribution in [3.8, 4) is 11.1 Å². The molecule has 1 aliphatic rings. The molecule has 2 aromatic rings. The van der Waals surface area contributed by atoms with Gasteiger partial charge in [-0.25, -0.2) is 13.4 Å². The highest BCUT2D eigenvalue weighted by atomic mass is 35.5. The highest BCUT2D eigenvalue weighted by Gasteiger charge is 2.27. The zero-order chi connectivity index (χ0) is 18.0. The molecule has 3 rings (SSSR count). The third-order valence-corrected chi connectivity index (χ3v) is 5.72. The van der Waals surface area contributed by atoms with Gasteiger partial charge in [-0.15, -0.1) is 0 Å². The van der Waals surface area contributed by atoms with Crippen LogP contribution in [0.1, 0.15) is 12.8 Å². The van der Waals surface area contributed by atoms with Crippen molar-refractivity contribution in [2.24, 2.45) is 0 Å². The van der Waals surface area contributed by atoms with Gasteiger partial charge in [0.1, 0.15) is 5.82 Å². The quantitative estimate of drug-likeness (QED) is 0.795. The number of sulfone groups is 1. The fraction of sp³-hybridized carbons (Fsp3) is 0.389. The monoisotopic (exact) mass is 380 g/mol. The summed E-state index contributed by atoms with van der Waals surface area (Å²) in [6, 6.07) is 8.97. The molecule has 0 amide bonds. The van der Waals surface area contributed by atoms with Gasteiger partial charge in [0.15, 0.2) is 9.84 Å². The van der Waals surface area contributed by atoms with Crippen LogP contribution in [-0.2, 0) is 14.6 Å². The van der Waals surface area contributed by atoms with Gasteiger partial charge in [-0.1, -0.05) is 11.6 Å². The third-order valence-electron chi connectivity index (χ3n) is 4.41. The topological polar surface area (TPSA) is 59.5 Å². The van der Waals surface area contributed by atoms with Gasteiger partial charge in [-0.2, -0.15) is 0 Å². The molecule has 134 valence electrons. The molecule has 1 atom stereocenters. The molecule has 5 nitrogen and oxygen atoms in total. The molecule has 0 unspecified atom stereocenters. The maximum Gasteiger partial charge on any atom is 0.175 e. The Hall–Kier alpha value is -1.63. The second kappa shape index (κ2) is 7.32. The number of benzene rings is 1. The lowest BCUT2D eigenvalue weighted by molar-refractivity contribution is 0.180. The van der Waals surface area contributed by atoms with Crippen LogP contribution in [-0.4, -0.2) is 46.0 Å². The second-order valence-corrected chi connectivity index (χ2v) is 8.72. The minimum Gasteiger partial charge on any atom is -0.383 e. The van der Waals surface area contributed by atoms with E-state index in [2.05, 4.69) is 9.88 Å². The molecule has 7 heteroatoms. The Morgan fingerprint density at radius 3 is 2.88 bits per heavy atom. The molecule has 25 heavy (non-hydrogen) atoms. The van der Waals surface area contributed by atoms with E-state index in [-0.39, 0.29) is 10.9 Å². The zero-order valence-corrected chi connectivity index (χ0v) is 15.8. The van der Waals surface area contributed by atoms with E-state index in [1.54, 1.807) is 25.4 Å². The Morgan fingerprint density at radius 1 is 1.36 bits per heavy atom. The molecule has 0 aliphatic carbocycles. The van der Waals surface area contributed by atoms with Crippen molar-refractivity contribution in [2.45, 2.75) is 23.8 Å². The van der Waals surface area contributed by atoms with Crippen LogP contribution in [0.5, 0.6) is 0 Å². The SMILES string of the molecule is COC[C@@H]1CCCN1c1ncccc1-c1cc(Cl)cc(S(C)(=O)=O)c1. The summed E-state index contributed by atoms with van der Waals surface area (Å²) in [7, 11) is -1.65. The predicted molar refractivity (Wildman–Crippen MR) is 100 cm³/mol. The minimum absolute atomic E-state index is 0.208. The summed E-state index contributed by atoms with van der Waals surface area (Å²) in [6.45, 7) is 1.54. The van der Waals surface area contributed by atoms with E-state index < -0.39 is 9.84 Å². The highest BCUT2D eigenvalue weighted by Crippen LogP contribution is 2.35. The first-order valence-electron chi connectivity index (χ1n) is 8.12. The number of halogens is 1. The van der Waals surface area contributed by atoms with E-state index in [4.69, 9.17) is 16.3 Å². The number of methoxy groups -OCH3 is 1.